The minimum absolute atomic E-state index is 0.0795. The molecule has 2 aromatic rings. The number of halogens is 1. The van der Waals surface area contributed by atoms with Gasteiger partial charge in [-0.25, -0.2) is 0 Å². The van der Waals surface area contributed by atoms with Crippen LogP contribution in [0.5, 0.6) is 11.5 Å². The van der Waals surface area contributed by atoms with E-state index in [-0.39, 0.29) is 6.04 Å². The summed E-state index contributed by atoms with van der Waals surface area (Å²) in [4.78, 5) is 2.00. The highest BCUT2D eigenvalue weighted by Crippen LogP contribution is 2.47. The Morgan fingerprint density at radius 2 is 2.12 bits per heavy atom. The minimum atomic E-state index is -0.595. The number of anilines is 1. The Kier molecular flexibility index (Phi) is 3.58. The zero-order valence-corrected chi connectivity index (χ0v) is 14.9. The number of ether oxygens (including phenoxy) is 2. The van der Waals surface area contributed by atoms with Crippen LogP contribution in [0.15, 0.2) is 42.5 Å². The summed E-state index contributed by atoms with van der Waals surface area (Å²) in [6, 6.07) is 13.6. The molecule has 2 heterocycles. The second-order valence-electron chi connectivity index (χ2n) is 6.17. The quantitative estimate of drug-likeness (QED) is 0.808. The fraction of sp³-hybridized carbons (Fsp3) is 0.278. The highest BCUT2D eigenvalue weighted by molar-refractivity contribution is 7.80. The third kappa shape index (κ3) is 2.31. The fourth-order valence-electron chi connectivity index (χ4n) is 3.52. The molecule has 0 aliphatic carbocycles. The van der Waals surface area contributed by atoms with Crippen LogP contribution in [0.4, 0.5) is 5.69 Å². The third-order valence-corrected chi connectivity index (χ3v) is 5.10. The molecular weight excluding hydrogens is 344 g/mol. The van der Waals surface area contributed by atoms with Gasteiger partial charge in [-0.1, -0.05) is 23.7 Å². The molecule has 4 rings (SSSR count). The van der Waals surface area contributed by atoms with Gasteiger partial charge in [0.1, 0.15) is 11.5 Å². The Hall–Kier alpha value is -1.98. The van der Waals surface area contributed by atoms with Crippen molar-refractivity contribution < 1.29 is 9.47 Å². The van der Waals surface area contributed by atoms with Crippen LogP contribution in [-0.2, 0) is 0 Å². The van der Waals surface area contributed by atoms with Crippen molar-refractivity contribution in [1.29, 1.82) is 0 Å². The van der Waals surface area contributed by atoms with Crippen molar-refractivity contribution in [2.75, 3.05) is 12.0 Å². The van der Waals surface area contributed by atoms with Crippen molar-refractivity contribution in [1.82, 2.24) is 5.32 Å². The number of nitrogens with one attached hydrogen (secondary N) is 1. The van der Waals surface area contributed by atoms with E-state index >= 15 is 0 Å². The number of hydrogen-bond acceptors (Lipinski definition) is 3. The van der Waals surface area contributed by atoms with Crippen molar-refractivity contribution in [3.05, 3.63) is 53.1 Å². The first-order valence-corrected chi connectivity index (χ1v) is 8.53. The number of fused-ring (bicyclic) bond motifs is 4. The van der Waals surface area contributed by atoms with Crippen LogP contribution < -0.4 is 19.7 Å². The third-order valence-electron chi connectivity index (χ3n) is 4.56. The van der Waals surface area contributed by atoms with E-state index in [0.717, 1.165) is 29.2 Å². The number of methoxy groups -OCH3 is 1. The Morgan fingerprint density at radius 3 is 2.92 bits per heavy atom. The normalized spacial score (nSPS) is 24.7. The number of benzene rings is 2. The number of rotatable bonds is 2. The highest BCUT2D eigenvalue weighted by atomic mass is 35.5. The zero-order valence-electron chi connectivity index (χ0n) is 13.4. The second-order valence-corrected chi connectivity index (χ2v) is 7.00. The Balaban J connectivity index is 1.82. The summed E-state index contributed by atoms with van der Waals surface area (Å²) in [6.45, 7) is 2.05. The molecule has 124 valence electrons. The molecule has 0 amide bonds. The Bertz CT molecular complexity index is 828. The molecule has 2 unspecified atom stereocenters. The molecule has 0 aromatic heterocycles. The zero-order chi connectivity index (χ0) is 16.9. The molecular formula is C18H17ClN2O2S. The minimum Gasteiger partial charge on any atom is -0.495 e. The van der Waals surface area contributed by atoms with Crippen molar-refractivity contribution >= 4 is 34.6 Å². The van der Waals surface area contributed by atoms with Crippen LogP contribution in [0.3, 0.4) is 0 Å². The molecule has 1 saturated heterocycles. The summed E-state index contributed by atoms with van der Waals surface area (Å²) in [7, 11) is 1.66. The number of nitrogens with zero attached hydrogens (tertiary/aromatic N) is 1. The molecule has 24 heavy (non-hydrogen) atoms. The van der Waals surface area contributed by atoms with Gasteiger partial charge in [0.2, 0.25) is 0 Å². The lowest BCUT2D eigenvalue weighted by atomic mass is 9.90. The van der Waals surface area contributed by atoms with Crippen molar-refractivity contribution in [2.45, 2.75) is 25.1 Å². The molecule has 0 saturated carbocycles. The monoisotopic (exact) mass is 360 g/mol. The maximum Gasteiger partial charge on any atom is 0.188 e. The molecule has 1 fully saturated rings. The Labute approximate surface area is 151 Å². The van der Waals surface area contributed by atoms with Gasteiger partial charge < -0.3 is 14.8 Å². The van der Waals surface area contributed by atoms with Crippen LogP contribution >= 0.6 is 23.8 Å². The standard InChI is InChI=1S/C18H17ClN2O2S/c1-18-10-13(12-9-11(19)7-8-15(12)23-18)20-17(24)21(18)14-5-3-4-6-16(14)22-2/h3-9,13H,10H2,1-2H3,(H,20,24). The largest absolute Gasteiger partial charge is 0.495 e. The lowest BCUT2D eigenvalue weighted by Crippen LogP contribution is -2.65. The average Bonchev–Trinajstić information content (AvgIpc) is 2.55. The Morgan fingerprint density at radius 1 is 1.33 bits per heavy atom. The molecule has 1 N–H and O–H groups in total. The summed E-state index contributed by atoms with van der Waals surface area (Å²) in [6.07, 6.45) is 0.749. The van der Waals surface area contributed by atoms with Gasteiger partial charge in [0, 0.05) is 17.0 Å². The van der Waals surface area contributed by atoms with Crippen LogP contribution in [0.1, 0.15) is 24.9 Å². The lowest BCUT2D eigenvalue weighted by molar-refractivity contribution is 0.0494. The smallest absolute Gasteiger partial charge is 0.188 e. The van der Waals surface area contributed by atoms with Gasteiger partial charge in [0.15, 0.2) is 10.8 Å². The molecule has 2 atom stereocenters. The lowest BCUT2D eigenvalue weighted by Gasteiger charge is -2.52. The van der Waals surface area contributed by atoms with Crippen molar-refractivity contribution in [3.8, 4) is 11.5 Å². The van der Waals surface area contributed by atoms with Gasteiger partial charge in [-0.3, -0.25) is 4.90 Å². The molecule has 2 aromatic carbocycles. The SMILES string of the molecule is COc1ccccc1N1C(=S)NC2CC1(C)Oc1ccc(Cl)cc12. The molecule has 0 spiro atoms. The van der Waals surface area contributed by atoms with E-state index in [1.54, 1.807) is 7.11 Å². The summed E-state index contributed by atoms with van der Waals surface area (Å²) in [5, 5.41) is 4.73. The van der Waals surface area contributed by atoms with Crippen LogP contribution in [0.2, 0.25) is 5.02 Å². The van der Waals surface area contributed by atoms with E-state index in [1.165, 1.54) is 0 Å². The van der Waals surface area contributed by atoms with E-state index in [0.29, 0.717) is 10.1 Å². The average molecular weight is 361 g/mol. The van der Waals surface area contributed by atoms with Gasteiger partial charge in [-0.05, 0) is 49.5 Å². The van der Waals surface area contributed by atoms with Crippen LogP contribution in [0, 0.1) is 0 Å². The van der Waals surface area contributed by atoms with E-state index < -0.39 is 5.72 Å². The fourth-order valence-corrected chi connectivity index (χ4v) is 4.14. The predicted molar refractivity (Wildman–Crippen MR) is 99.0 cm³/mol. The molecule has 6 heteroatoms. The summed E-state index contributed by atoms with van der Waals surface area (Å²) >= 11 is 11.8. The highest BCUT2D eigenvalue weighted by Gasteiger charge is 2.48. The first-order chi connectivity index (χ1) is 11.5. The molecule has 2 aliphatic rings. The summed E-state index contributed by atoms with van der Waals surface area (Å²) in [5.41, 5.74) is 1.33. The molecule has 2 bridgehead atoms. The second kappa shape index (κ2) is 5.53. The summed E-state index contributed by atoms with van der Waals surface area (Å²) < 4.78 is 11.9. The maximum absolute atomic E-state index is 6.37. The number of hydrogen-bond donors (Lipinski definition) is 1. The first-order valence-electron chi connectivity index (χ1n) is 7.74. The predicted octanol–water partition coefficient (Wildman–Crippen LogP) is 4.28. The van der Waals surface area contributed by atoms with Crippen LogP contribution in [-0.4, -0.2) is 17.9 Å². The maximum atomic E-state index is 6.37. The van der Waals surface area contributed by atoms with E-state index in [9.17, 15) is 0 Å². The number of para-hydroxylation sites is 2. The van der Waals surface area contributed by atoms with E-state index in [1.807, 2.05) is 47.4 Å². The van der Waals surface area contributed by atoms with Gasteiger partial charge in [0.05, 0.1) is 18.8 Å². The van der Waals surface area contributed by atoms with Crippen LogP contribution in [0.25, 0.3) is 0 Å². The van der Waals surface area contributed by atoms with E-state index in [4.69, 9.17) is 33.3 Å². The first kappa shape index (κ1) is 15.5. The van der Waals surface area contributed by atoms with Gasteiger partial charge >= 0.3 is 0 Å². The van der Waals surface area contributed by atoms with Gasteiger partial charge in [-0.15, -0.1) is 0 Å². The van der Waals surface area contributed by atoms with Crippen molar-refractivity contribution in [2.24, 2.45) is 0 Å². The topological polar surface area (TPSA) is 33.7 Å². The summed E-state index contributed by atoms with van der Waals surface area (Å²) in [5.74, 6) is 1.58. The van der Waals surface area contributed by atoms with Gasteiger partial charge in [-0.2, -0.15) is 0 Å². The molecule has 2 aliphatic heterocycles. The molecule has 0 radical (unpaired) electrons. The molecule has 4 nitrogen and oxygen atoms in total. The van der Waals surface area contributed by atoms with Gasteiger partial charge in [0.25, 0.3) is 0 Å². The van der Waals surface area contributed by atoms with E-state index in [2.05, 4.69) is 12.2 Å². The van der Waals surface area contributed by atoms with Crippen molar-refractivity contribution in [3.63, 3.8) is 0 Å². The number of thiocarbonyl (C=S) groups is 1.